The zero-order chi connectivity index (χ0) is 11.1. The van der Waals surface area contributed by atoms with Gasteiger partial charge in [-0.2, -0.15) is 0 Å². The maximum Gasteiger partial charge on any atom is 0.214 e. The Morgan fingerprint density at radius 2 is 2.07 bits per heavy atom. The number of rotatable bonds is 6. The van der Waals surface area contributed by atoms with Crippen molar-refractivity contribution in [3.63, 3.8) is 0 Å². The molecule has 0 radical (unpaired) electrons. The summed E-state index contributed by atoms with van der Waals surface area (Å²) in [5, 5.41) is 3.19. The van der Waals surface area contributed by atoms with Crippen LogP contribution in [0.25, 0.3) is 0 Å². The van der Waals surface area contributed by atoms with Crippen LogP contribution in [0.1, 0.15) is 19.8 Å². The number of hydrogen-bond donors (Lipinski definition) is 2. The SMILES string of the molecule is CCOCCS(=O)(=O)NC1CCNCC1. The molecule has 1 aliphatic rings. The molecule has 0 aromatic heterocycles. The van der Waals surface area contributed by atoms with Crippen molar-refractivity contribution in [2.24, 2.45) is 0 Å². The second-order valence-electron chi connectivity index (χ2n) is 3.66. The molecule has 6 heteroatoms. The van der Waals surface area contributed by atoms with Crippen molar-refractivity contribution < 1.29 is 13.2 Å². The molecular formula is C9H20N2O3S. The van der Waals surface area contributed by atoms with Crippen LogP contribution < -0.4 is 10.0 Å². The van der Waals surface area contributed by atoms with Crippen LogP contribution in [0, 0.1) is 0 Å². The lowest BCUT2D eigenvalue weighted by Gasteiger charge is -2.23. The van der Waals surface area contributed by atoms with E-state index in [2.05, 4.69) is 10.0 Å². The molecular weight excluding hydrogens is 216 g/mol. The quantitative estimate of drug-likeness (QED) is 0.621. The molecule has 90 valence electrons. The Balaban J connectivity index is 2.27. The van der Waals surface area contributed by atoms with Gasteiger partial charge in [0.15, 0.2) is 0 Å². The molecule has 0 aromatic rings. The average Bonchev–Trinajstić information content (AvgIpc) is 2.18. The van der Waals surface area contributed by atoms with Crippen molar-refractivity contribution in [2.45, 2.75) is 25.8 Å². The molecule has 1 aliphatic heterocycles. The molecule has 2 N–H and O–H groups in total. The zero-order valence-electron chi connectivity index (χ0n) is 9.16. The molecule has 0 aliphatic carbocycles. The van der Waals surface area contributed by atoms with E-state index in [0.29, 0.717) is 6.61 Å². The third-order valence-electron chi connectivity index (χ3n) is 2.39. The molecule has 1 rings (SSSR count). The molecule has 15 heavy (non-hydrogen) atoms. The molecule has 1 fully saturated rings. The summed E-state index contributed by atoms with van der Waals surface area (Å²) in [5.41, 5.74) is 0. The van der Waals surface area contributed by atoms with E-state index in [0.717, 1.165) is 25.9 Å². The van der Waals surface area contributed by atoms with E-state index >= 15 is 0 Å². The first-order valence-corrected chi connectivity index (χ1v) is 7.08. The molecule has 0 spiro atoms. The zero-order valence-corrected chi connectivity index (χ0v) is 9.98. The summed E-state index contributed by atoms with van der Waals surface area (Å²) in [7, 11) is -3.16. The predicted molar refractivity (Wildman–Crippen MR) is 59.3 cm³/mol. The highest BCUT2D eigenvalue weighted by molar-refractivity contribution is 7.89. The first-order valence-electron chi connectivity index (χ1n) is 5.42. The van der Waals surface area contributed by atoms with E-state index in [1.54, 1.807) is 0 Å². The molecule has 0 unspecified atom stereocenters. The van der Waals surface area contributed by atoms with Gasteiger partial charge in [0.05, 0.1) is 12.4 Å². The summed E-state index contributed by atoms with van der Waals surface area (Å²) in [4.78, 5) is 0. The van der Waals surface area contributed by atoms with Gasteiger partial charge in [0.25, 0.3) is 0 Å². The van der Waals surface area contributed by atoms with Crippen LogP contribution in [0.4, 0.5) is 0 Å². The van der Waals surface area contributed by atoms with Crippen LogP contribution in [-0.2, 0) is 14.8 Å². The lowest BCUT2D eigenvalue weighted by atomic mass is 10.1. The van der Waals surface area contributed by atoms with E-state index < -0.39 is 10.0 Å². The summed E-state index contributed by atoms with van der Waals surface area (Å²) in [6.45, 7) is 4.46. The normalized spacial score (nSPS) is 19.3. The van der Waals surface area contributed by atoms with Gasteiger partial charge in [-0.25, -0.2) is 13.1 Å². The first-order chi connectivity index (χ1) is 7.14. The van der Waals surface area contributed by atoms with Crippen molar-refractivity contribution in [1.29, 1.82) is 0 Å². The summed E-state index contributed by atoms with van der Waals surface area (Å²) in [6.07, 6.45) is 1.74. The molecule has 0 bridgehead atoms. The van der Waals surface area contributed by atoms with Gasteiger partial charge in [-0.15, -0.1) is 0 Å². The van der Waals surface area contributed by atoms with Crippen molar-refractivity contribution >= 4 is 10.0 Å². The Morgan fingerprint density at radius 1 is 1.40 bits per heavy atom. The summed E-state index contributed by atoms with van der Waals surface area (Å²) < 4.78 is 30.9. The van der Waals surface area contributed by atoms with Crippen LogP contribution in [0.5, 0.6) is 0 Å². The van der Waals surface area contributed by atoms with Crippen molar-refractivity contribution in [3.05, 3.63) is 0 Å². The standard InChI is InChI=1S/C9H20N2O3S/c1-2-14-7-8-15(12,13)11-9-3-5-10-6-4-9/h9-11H,2-8H2,1H3. The average molecular weight is 236 g/mol. The fourth-order valence-electron chi connectivity index (χ4n) is 1.57. The van der Waals surface area contributed by atoms with Gasteiger partial charge >= 0.3 is 0 Å². The molecule has 0 amide bonds. The van der Waals surface area contributed by atoms with Crippen molar-refractivity contribution in [2.75, 3.05) is 32.1 Å². The molecule has 0 aromatic carbocycles. The number of nitrogens with one attached hydrogen (secondary N) is 2. The second kappa shape index (κ2) is 6.42. The molecule has 0 atom stereocenters. The Hall–Kier alpha value is -0.170. The van der Waals surface area contributed by atoms with E-state index in [4.69, 9.17) is 4.74 Å². The summed E-state index contributed by atoms with van der Waals surface area (Å²) >= 11 is 0. The van der Waals surface area contributed by atoms with E-state index in [1.165, 1.54) is 0 Å². The molecule has 1 heterocycles. The minimum atomic E-state index is -3.16. The van der Waals surface area contributed by atoms with Crippen LogP contribution >= 0.6 is 0 Å². The number of piperidine rings is 1. The third kappa shape index (κ3) is 5.46. The Bertz CT molecular complexity index is 261. The minimum absolute atomic E-state index is 0.0603. The van der Waals surface area contributed by atoms with Gasteiger partial charge < -0.3 is 10.1 Å². The maximum atomic E-state index is 11.6. The lowest BCUT2D eigenvalue weighted by Crippen LogP contribution is -2.43. The number of hydrogen-bond acceptors (Lipinski definition) is 4. The monoisotopic (exact) mass is 236 g/mol. The summed E-state index contributed by atoms with van der Waals surface area (Å²) in [6, 6.07) is 0.0953. The summed E-state index contributed by atoms with van der Waals surface area (Å²) in [5.74, 6) is 0.0603. The highest BCUT2D eigenvalue weighted by Crippen LogP contribution is 2.03. The molecule has 0 saturated carbocycles. The largest absolute Gasteiger partial charge is 0.381 e. The Morgan fingerprint density at radius 3 is 2.67 bits per heavy atom. The van der Waals surface area contributed by atoms with Gasteiger partial charge in [0, 0.05) is 12.6 Å². The highest BCUT2D eigenvalue weighted by atomic mass is 32.2. The van der Waals surface area contributed by atoms with E-state index in [-0.39, 0.29) is 18.4 Å². The van der Waals surface area contributed by atoms with E-state index in [1.807, 2.05) is 6.92 Å². The van der Waals surface area contributed by atoms with Gasteiger partial charge in [0.2, 0.25) is 10.0 Å². The number of sulfonamides is 1. The topological polar surface area (TPSA) is 67.4 Å². The van der Waals surface area contributed by atoms with Crippen LogP contribution in [-0.4, -0.2) is 46.5 Å². The Kier molecular flexibility index (Phi) is 5.52. The van der Waals surface area contributed by atoms with Gasteiger partial charge in [-0.1, -0.05) is 0 Å². The highest BCUT2D eigenvalue weighted by Gasteiger charge is 2.19. The molecule has 5 nitrogen and oxygen atoms in total. The van der Waals surface area contributed by atoms with Crippen molar-refractivity contribution in [1.82, 2.24) is 10.0 Å². The number of ether oxygens (including phenoxy) is 1. The lowest BCUT2D eigenvalue weighted by molar-refractivity contribution is 0.163. The Labute approximate surface area is 91.6 Å². The smallest absolute Gasteiger partial charge is 0.214 e. The first kappa shape index (κ1) is 12.9. The predicted octanol–water partition coefficient (Wildman–Crippen LogP) is -0.306. The van der Waals surface area contributed by atoms with Gasteiger partial charge in [-0.05, 0) is 32.9 Å². The van der Waals surface area contributed by atoms with Gasteiger partial charge in [0.1, 0.15) is 0 Å². The van der Waals surface area contributed by atoms with E-state index in [9.17, 15) is 8.42 Å². The van der Waals surface area contributed by atoms with Crippen LogP contribution in [0.15, 0.2) is 0 Å². The van der Waals surface area contributed by atoms with Crippen molar-refractivity contribution in [3.8, 4) is 0 Å². The third-order valence-corrected chi connectivity index (χ3v) is 3.78. The second-order valence-corrected chi connectivity index (χ2v) is 5.53. The fourth-order valence-corrected chi connectivity index (χ4v) is 2.76. The molecule has 1 saturated heterocycles. The minimum Gasteiger partial charge on any atom is -0.381 e. The van der Waals surface area contributed by atoms with Crippen LogP contribution in [0.2, 0.25) is 0 Å². The van der Waals surface area contributed by atoms with Gasteiger partial charge in [-0.3, -0.25) is 0 Å². The van der Waals surface area contributed by atoms with Crippen LogP contribution in [0.3, 0.4) is 0 Å². The fraction of sp³-hybridized carbons (Fsp3) is 1.00. The maximum absolute atomic E-state index is 11.6.